The fourth-order valence-corrected chi connectivity index (χ4v) is 2.27. The summed E-state index contributed by atoms with van der Waals surface area (Å²) in [5.41, 5.74) is 0.212. The number of nitrogens with zero attached hydrogens (tertiary/aromatic N) is 1. The Hall–Kier alpha value is -2.15. The van der Waals surface area contributed by atoms with Crippen molar-refractivity contribution in [1.82, 2.24) is 10.3 Å². The van der Waals surface area contributed by atoms with Crippen LogP contribution in [0.15, 0.2) is 23.6 Å². The molecule has 0 aliphatic carbocycles. The number of methoxy groups -OCH3 is 1. The molecule has 0 radical (unpaired) electrons. The molecule has 1 heterocycles. The number of ether oxygens (including phenoxy) is 2. The maximum absolute atomic E-state index is 11.7. The van der Waals surface area contributed by atoms with Crippen molar-refractivity contribution in [2.75, 3.05) is 7.11 Å². The highest BCUT2D eigenvalue weighted by Crippen LogP contribution is 2.19. The average Bonchev–Trinajstić information content (AvgIpc) is 2.90. The number of allylic oxidation sites excluding steroid dienone is 2. The molecule has 1 atom stereocenters. The molecule has 1 N–H and O–H groups in total. The molecular formula is C16H22N2O4S. The number of hydrogen-bond acceptors (Lipinski definition) is 6. The third kappa shape index (κ3) is 7.60. The summed E-state index contributed by atoms with van der Waals surface area (Å²) in [7, 11) is 1.32. The summed E-state index contributed by atoms with van der Waals surface area (Å²) in [4.78, 5) is 27.0. The molecule has 23 heavy (non-hydrogen) atoms. The van der Waals surface area contributed by atoms with Crippen molar-refractivity contribution in [1.29, 1.82) is 0 Å². The number of rotatable bonds is 5. The normalized spacial score (nSPS) is 13.3. The van der Waals surface area contributed by atoms with Crippen LogP contribution < -0.4 is 5.32 Å². The van der Waals surface area contributed by atoms with Crippen molar-refractivity contribution in [2.45, 2.75) is 39.3 Å². The topological polar surface area (TPSA) is 77.5 Å². The monoisotopic (exact) mass is 338 g/mol. The first-order valence-electron chi connectivity index (χ1n) is 7.09. The van der Waals surface area contributed by atoms with Gasteiger partial charge in [-0.05, 0) is 33.8 Å². The van der Waals surface area contributed by atoms with Gasteiger partial charge in [0.15, 0.2) is 0 Å². The summed E-state index contributed by atoms with van der Waals surface area (Å²) in [6.45, 7) is 7.27. The molecule has 0 bridgehead atoms. The van der Waals surface area contributed by atoms with Gasteiger partial charge in [-0.25, -0.2) is 14.6 Å². The van der Waals surface area contributed by atoms with Gasteiger partial charge in [-0.15, -0.1) is 11.3 Å². The third-order valence-corrected chi connectivity index (χ3v) is 3.50. The zero-order valence-corrected chi connectivity index (χ0v) is 14.8. The summed E-state index contributed by atoms with van der Waals surface area (Å²) in [5.74, 6) is -0.413. The number of amides is 1. The Morgan fingerprint density at radius 2 is 2.04 bits per heavy atom. The molecule has 0 saturated heterocycles. The first-order chi connectivity index (χ1) is 10.7. The van der Waals surface area contributed by atoms with Crippen LogP contribution >= 0.6 is 11.3 Å². The number of aromatic nitrogens is 1. The van der Waals surface area contributed by atoms with Gasteiger partial charge in [0.25, 0.3) is 0 Å². The van der Waals surface area contributed by atoms with E-state index in [1.165, 1.54) is 24.5 Å². The van der Waals surface area contributed by atoms with Crippen LogP contribution in [-0.4, -0.2) is 29.8 Å². The molecule has 0 aliphatic rings. The first-order valence-corrected chi connectivity index (χ1v) is 7.97. The number of alkyl carbamates (subject to hydrolysis) is 1. The summed E-state index contributed by atoms with van der Waals surface area (Å²) in [6, 6.07) is -0.248. The number of thiazole rings is 1. The molecule has 0 aromatic carbocycles. The Labute approximate surface area is 140 Å². The van der Waals surface area contributed by atoms with Crippen molar-refractivity contribution >= 4 is 29.5 Å². The Morgan fingerprint density at radius 1 is 1.35 bits per heavy atom. The molecule has 0 aliphatic heterocycles. The quantitative estimate of drug-likeness (QED) is 0.505. The molecule has 0 unspecified atom stereocenters. The summed E-state index contributed by atoms with van der Waals surface area (Å²) in [5, 5.41) is 5.38. The van der Waals surface area contributed by atoms with Gasteiger partial charge < -0.3 is 14.8 Å². The fraction of sp³-hybridized carbons (Fsp3) is 0.438. The second-order valence-electron chi connectivity index (χ2n) is 5.72. The lowest BCUT2D eigenvalue weighted by atomic mass is 10.2. The SMILES string of the molecule is COC(=O)C=CC=Cc1csc([C@@H](C)NC(=O)OC(C)(C)C)n1. The minimum atomic E-state index is -0.535. The van der Waals surface area contributed by atoms with Crippen LogP contribution in [0, 0.1) is 0 Å². The molecule has 0 fully saturated rings. The molecule has 6 nitrogen and oxygen atoms in total. The molecule has 0 spiro atoms. The van der Waals surface area contributed by atoms with Crippen molar-refractivity contribution in [3.63, 3.8) is 0 Å². The Kier molecular flexibility index (Phi) is 6.96. The lowest BCUT2D eigenvalue weighted by molar-refractivity contribution is -0.134. The summed E-state index contributed by atoms with van der Waals surface area (Å²) < 4.78 is 9.69. The molecular weight excluding hydrogens is 316 g/mol. The second kappa shape index (κ2) is 8.47. The van der Waals surface area contributed by atoms with E-state index >= 15 is 0 Å². The molecule has 1 aromatic rings. The summed E-state index contributed by atoms with van der Waals surface area (Å²) >= 11 is 1.44. The van der Waals surface area contributed by atoms with E-state index < -0.39 is 17.7 Å². The van der Waals surface area contributed by atoms with Crippen molar-refractivity contribution in [2.24, 2.45) is 0 Å². The zero-order chi connectivity index (χ0) is 17.5. The second-order valence-corrected chi connectivity index (χ2v) is 6.61. The number of esters is 1. The fourth-order valence-electron chi connectivity index (χ4n) is 1.48. The van der Waals surface area contributed by atoms with Crippen LogP contribution in [-0.2, 0) is 14.3 Å². The summed E-state index contributed by atoms with van der Waals surface area (Å²) in [6.07, 6.45) is 5.88. The van der Waals surface area contributed by atoms with E-state index in [2.05, 4.69) is 15.0 Å². The molecule has 1 aromatic heterocycles. The molecule has 0 saturated carbocycles. The lowest BCUT2D eigenvalue weighted by Gasteiger charge is -2.21. The van der Waals surface area contributed by atoms with E-state index in [-0.39, 0.29) is 6.04 Å². The Morgan fingerprint density at radius 3 is 2.65 bits per heavy atom. The van der Waals surface area contributed by atoms with E-state index in [9.17, 15) is 9.59 Å². The third-order valence-electron chi connectivity index (χ3n) is 2.45. The lowest BCUT2D eigenvalue weighted by Crippen LogP contribution is -2.34. The first kappa shape index (κ1) is 18.9. The average molecular weight is 338 g/mol. The highest BCUT2D eigenvalue weighted by molar-refractivity contribution is 7.09. The van der Waals surface area contributed by atoms with Crippen LogP contribution in [0.25, 0.3) is 6.08 Å². The van der Waals surface area contributed by atoms with Gasteiger partial charge in [0, 0.05) is 11.5 Å². The van der Waals surface area contributed by atoms with Crippen molar-refractivity contribution < 1.29 is 19.1 Å². The zero-order valence-electron chi connectivity index (χ0n) is 14.0. The number of hydrogen-bond donors (Lipinski definition) is 1. The van der Waals surface area contributed by atoms with Crippen molar-refractivity contribution in [3.8, 4) is 0 Å². The predicted molar refractivity (Wildman–Crippen MR) is 90.1 cm³/mol. The number of carbonyl (C=O) groups excluding carboxylic acids is 2. The minimum absolute atomic E-state index is 0.248. The van der Waals surface area contributed by atoms with E-state index in [1.54, 1.807) is 18.2 Å². The van der Waals surface area contributed by atoms with E-state index in [0.29, 0.717) is 0 Å². The van der Waals surface area contributed by atoms with Gasteiger partial charge in [0.1, 0.15) is 10.6 Å². The Balaban J connectivity index is 2.58. The van der Waals surface area contributed by atoms with E-state index in [1.807, 2.05) is 33.1 Å². The highest BCUT2D eigenvalue weighted by atomic mass is 32.1. The van der Waals surface area contributed by atoms with Gasteiger partial charge in [-0.3, -0.25) is 0 Å². The largest absolute Gasteiger partial charge is 0.466 e. The van der Waals surface area contributed by atoms with Crippen LogP contribution in [0.5, 0.6) is 0 Å². The smallest absolute Gasteiger partial charge is 0.408 e. The Bertz CT molecular complexity index is 599. The van der Waals surface area contributed by atoms with Gasteiger partial charge in [0.2, 0.25) is 0 Å². The van der Waals surface area contributed by atoms with Gasteiger partial charge >= 0.3 is 12.1 Å². The molecule has 126 valence electrons. The van der Waals surface area contributed by atoms with Crippen LogP contribution in [0.2, 0.25) is 0 Å². The van der Waals surface area contributed by atoms with Gasteiger partial charge in [-0.2, -0.15) is 0 Å². The molecule has 1 rings (SSSR count). The minimum Gasteiger partial charge on any atom is -0.466 e. The van der Waals surface area contributed by atoms with E-state index in [4.69, 9.17) is 4.74 Å². The number of carbonyl (C=O) groups is 2. The van der Waals surface area contributed by atoms with E-state index in [0.717, 1.165) is 10.7 Å². The van der Waals surface area contributed by atoms with Gasteiger partial charge in [0.05, 0.1) is 18.8 Å². The number of nitrogens with one attached hydrogen (secondary N) is 1. The molecule has 7 heteroatoms. The maximum Gasteiger partial charge on any atom is 0.408 e. The predicted octanol–water partition coefficient (Wildman–Crippen LogP) is 3.47. The van der Waals surface area contributed by atoms with Crippen molar-refractivity contribution in [3.05, 3.63) is 34.3 Å². The van der Waals surface area contributed by atoms with Crippen LogP contribution in [0.3, 0.4) is 0 Å². The van der Waals surface area contributed by atoms with Gasteiger partial charge in [-0.1, -0.05) is 12.2 Å². The highest BCUT2D eigenvalue weighted by Gasteiger charge is 2.19. The van der Waals surface area contributed by atoms with Crippen LogP contribution in [0.1, 0.15) is 44.4 Å². The standard InChI is InChI=1S/C16H22N2O4S/c1-11(17-15(20)22-16(2,3)4)14-18-12(10-23-14)8-6-7-9-13(19)21-5/h6-11H,1-5H3,(H,17,20)/t11-/m1/s1. The molecule has 1 amide bonds. The maximum atomic E-state index is 11.7. The van der Waals surface area contributed by atoms with Crippen LogP contribution in [0.4, 0.5) is 4.79 Å².